The zero-order chi connectivity index (χ0) is 16.5. The molecule has 0 bridgehead atoms. The van der Waals surface area contributed by atoms with Gasteiger partial charge in [-0.05, 0) is 29.7 Å². The van der Waals surface area contributed by atoms with Crippen LogP contribution in [-0.2, 0) is 11.2 Å². The van der Waals surface area contributed by atoms with Crippen LogP contribution >= 0.6 is 0 Å². The third kappa shape index (κ3) is 2.67. The van der Waals surface area contributed by atoms with Gasteiger partial charge in [0.15, 0.2) is 6.10 Å². The van der Waals surface area contributed by atoms with E-state index in [1.807, 2.05) is 47.4 Å². The summed E-state index contributed by atoms with van der Waals surface area (Å²) in [5, 5.41) is 0. The number of fused-ring (bicyclic) bond motifs is 1. The summed E-state index contributed by atoms with van der Waals surface area (Å²) in [6, 6.07) is 18.3. The first kappa shape index (κ1) is 15.2. The molecule has 4 rings (SSSR count). The van der Waals surface area contributed by atoms with Gasteiger partial charge in [-0.15, -0.1) is 0 Å². The summed E-state index contributed by atoms with van der Waals surface area (Å²) in [6.45, 7) is 2.03. The average Bonchev–Trinajstić information content (AvgIpc) is 3.26. The maximum Gasteiger partial charge on any atom is 0.264 e. The van der Waals surface area contributed by atoms with E-state index in [-0.39, 0.29) is 5.91 Å². The summed E-state index contributed by atoms with van der Waals surface area (Å²) in [5.74, 6) is 1.54. The molecule has 2 aromatic rings. The lowest BCUT2D eigenvalue weighted by molar-refractivity contribution is -0.137. The largest absolute Gasteiger partial charge is 0.480 e. The van der Waals surface area contributed by atoms with Gasteiger partial charge in [0, 0.05) is 25.4 Å². The van der Waals surface area contributed by atoms with Crippen molar-refractivity contribution < 1.29 is 9.53 Å². The van der Waals surface area contributed by atoms with E-state index in [0.29, 0.717) is 31.3 Å². The fraction of sp³-hybridized carbons (Fsp3) is 0.350. The summed E-state index contributed by atoms with van der Waals surface area (Å²) in [4.78, 5) is 14.9. The lowest BCUT2D eigenvalue weighted by Crippen LogP contribution is -2.40. The number of ether oxygens (including phenoxy) is 1. The monoisotopic (exact) mass is 322 g/mol. The number of hydrogen-bond donors (Lipinski definition) is 1. The Labute approximate surface area is 142 Å². The molecule has 2 heterocycles. The number of para-hydroxylation sites is 1. The first-order valence-electron chi connectivity index (χ1n) is 8.54. The van der Waals surface area contributed by atoms with Gasteiger partial charge in [0.25, 0.3) is 5.91 Å². The molecule has 0 saturated carbocycles. The number of benzene rings is 2. The number of nitrogens with two attached hydrogens (primary N) is 1. The van der Waals surface area contributed by atoms with E-state index in [1.165, 1.54) is 5.56 Å². The standard InChI is InChI=1S/C20H22N2O2/c21-11-16-12-22(13-17(16)14-6-2-1-3-7-14)20(23)19-10-15-8-4-5-9-18(15)24-19/h1-9,16-17,19H,10-13,21H2/t16-,17+,19?/m1/s1. The van der Waals surface area contributed by atoms with Crippen LogP contribution in [0.5, 0.6) is 5.75 Å². The van der Waals surface area contributed by atoms with E-state index in [0.717, 1.165) is 17.9 Å². The van der Waals surface area contributed by atoms with Crippen LogP contribution in [0.3, 0.4) is 0 Å². The molecule has 4 nitrogen and oxygen atoms in total. The number of amides is 1. The molecule has 4 heteroatoms. The molecular formula is C20H22N2O2. The Bertz CT molecular complexity index is 706. The number of carbonyl (C=O) groups excluding carboxylic acids is 1. The third-order valence-corrected chi connectivity index (χ3v) is 5.21. The normalized spacial score (nSPS) is 25.4. The number of nitrogens with zero attached hydrogens (tertiary/aromatic N) is 1. The zero-order valence-corrected chi connectivity index (χ0v) is 13.6. The quantitative estimate of drug-likeness (QED) is 0.942. The maximum atomic E-state index is 12.9. The van der Waals surface area contributed by atoms with Gasteiger partial charge in [-0.3, -0.25) is 4.79 Å². The van der Waals surface area contributed by atoms with Crippen LogP contribution < -0.4 is 10.5 Å². The van der Waals surface area contributed by atoms with Crippen molar-refractivity contribution in [1.82, 2.24) is 4.90 Å². The SMILES string of the molecule is NC[C@@H]1CN(C(=O)C2Cc3ccccc3O2)C[C@H]1c1ccccc1. The highest BCUT2D eigenvalue weighted by atomic mass is 16.5. The zero-order valence-electron chi connectivity index (χ0n) is 13.6. The van der Waals surface area contributed by atoms with Crippen LogP contribution in [0, 0.1) is 5.92 Å². The van der Waals surface area contributed by atoms with E-state index < -0.39 is 6.10 Å². The molecule has 1 amide bonds. The van der Waals surface area contributed by atoms with E-state index in [2.05, 4.69) is 12.1 Å². The van der Waals surface area contributed by atoms with E-state index in [9.17, 15) is 4.79 Å². The van der Waals surface area contributed by atoms with Crippen LogP contribution in [-0.4, -0.2) is 36.5 Å². The van der Waals surface area contributed by atoms with Crippen LogP contribution in [0.15, 0.2) is 54.6 Å². The van der Waals surface area contributed by atoms with Crippen molar-refractivity contribution in [2.75, 3.05) is 19.6 Å². The predicted molar refractivity (Wildman–Crippen MR) is 92.9 cm³/mol. The first-order valence-corrected chi connectivity index (χ1v) is 8.54. The molecule has 2 aliphatic rings. The van der Waals surface area contributed by atoms with Gasteiger partial charge in [-0.1, -0.05) is 48.5 Å². The third-order valence-electron chi connectivity index (χ3n) is 5.21. The molecule has 0 aliphatic carbocycles. The summed E-state index contributed by atoms with van der Waals surface area (Å²) in [5.41, 5.74) is 8.36. The Morgan fingerprint density at radius 2 is 1.83 bits per heavy atom. The minimum atomic E-state index is -0.393. The van der Waals surface area contributed by atoms with E-state index >= 15 is 0 Å². The van der Waals surface area contributed by atoms with Crippen LogP contribution in [0.1, 0.15) is 17.0 Å². The van der Waals surface area contributed by atoms with E-state index in [4.69, 9.17) is 10.5 Å². The Hall–Kier alpha value is -2.33. The number of likely N-dealkylation sites (tertiary alicyclic amines) is 1. The fourth-order valence-corrected chi connectivity index (χ4v) is 3.89. The topological polar surface area (TPSA) is 55.6 Å². The fourth-order valence-electron chi connectivity index (χ4n) is 3.89. The second-order valence-corrected chi connectivity index (χ2v) is 6.67. The molecular weight excluding hydrogens is 300 g/mol. The Morgan fingerprint density at radius 3 is 2.58 bits per heavy atom. The second kappa shape index (κ2) is 6.29. The molecule has 1 unspecified atom stereocenters. The van der Waals surface area contributed by atoms with Crippen molar-refractivity contribution in [2.45, 2.75) is 18.4 Å². The molecule has 2 aromatic carbocycles. The first-order chi connectivity index (χ1) is 11.8. The number of rotatable bonds is 3. The molecule has 1 saturated heterocycles. The van der Waals surface area contributed by atoms with Gasteiger partial charge in [0.05, 0.1) is 0 Å². The van der Waals surface area contributed by atoms with Gasteiger partial charge in [0.1, 0.15) is 5.75 Å². The predicted octanol–water partition coefficient (Wildman–Crippen LogP) is 2.19. The Kier molecular flexibility index (Phi) is 3.98. The maximum absolute atomic E-state index is 12.9. The van der Waals surface area contributed by atoms with Crippen LogP contribution in [0.25, 0.3) is 0 Å². The highest BCUT2D eigenvalue weighted by Gasteiger charge is 2.39. The summed E-state index contributed by atoms with van der Waals surface area (Å²) in [6.07, 6.45) is 0.268. The summed E-state index contributed by atoms with van der Waals surface area (Å²) < 4.78 is 5.87. The minimum Gasteiger partial charge on any atom is -0.480 e. The van der Waals surface area contributed by atoms with Crippen molar-refractivity contribution in [3.05, 3.63) is 65.7 Å². The van der Waals surface area contributed by atoms with Crippen molar-refractivity contribution in [2.24, 2.45) is 11.7 Å². The minimum absolute atomic E-state index is 0.0862. The molecule has 0 spiro atoms. The van der Waals surface area contributed by atoms with E-state index in [1.54, 1.807) is 0 Å². The van der Waals surface area contributed by atoms with Gasteiger partial charge < -0.3 is 15.4 Å². The molecule has 2 aliphatic heterocycles. The van der Waals surface area contributed by atoms with Crippen LogP contribution in [0.4, 0.5) is 0 Å². The van der Waals surface area contributed by atoms with Gasteiger partial charge in [-0.2, -0.15) is 0 Å². The van der Waals surface area contributed by atoms with Crippen molar-refractivity contribution in [1.29, 1.82) is 0 Å². The number of hydrogen-bond acceptors (Lipinski definition) is 3. The van der Waals surface area contributed by atoms with Crippen molar-refractivity contribution in [3.63, 3.8) is 0 Å². The second-order valence-electron chi connectivity index (χ2n) is 6.67. The Balaban J connectivity index is 1.49. The average molecular weight is 322 g/mol. The summed E-state index contributed by atoms with van der Waals surface area (Å²) in [7, 11) is 0. The van der Waals surface area contributed by atoms with Gasteiger partial charge >= 0.3 is 0 Å². The smallest absolute Gasteiger partial charge is 0.264 e. The molecule has 0 radical (unpaired) electrons. The van der Waals surface area contributed by atoms with Crippen molar-refractivity contribution >= 4 is 5.91 Å². The van der Waals surface area contributed by atoms with Gasteiger partial charge in [0.2, 0.25) is 0 Å². The lowest BCUT2D eigenvalue weighted by atomic mass is 9.89. The number of carbonyl (C=O) groups is 1. The van der Waals surface area contributed by atoms with Gasteiger partial charge in [-0.25, -0.2) is 0 Å². The highest BCUT2D eigenvalue weighted by molar-refractivity contribution is 5.83. The Morgan fingerprint density at radius 1 is 1.08 bits per heavy atom. The highest BCUT2D eigenvalue weighted by Crippen LogP contribution is 2.34. The molecule has 24 heavy (non-hydrogen) atoms. The lowest BCUT2D eigenvalue weighted by Gasteiger charge is -2.20. The summed E-state index contributed by atoms with van der Waals surface area (Å²) >= 11 is 0. The molecule has 1 fully saturated rings. The van der Waals surface area contributed by atoms with Crippen LogP contribution in [0.2, 0.25) is 0 Å². The van der Waals surface area contributed by atoms with Crippen molar-refractivity contribution in [3.8, 4) is 5.75 Å². The molecule has 2 N–H and O–H groups in total. The molecule has 0 aromatic heterocycles. The molecule has 3 atom stereocenters. The molecule has 124 valence electrons.